The minimum absolute atomic E-state index is 0.165. The van der Waals surface area contributed by atoms with Crippen LogP contribution in [0.25, 0.3) is 0 Å². The van der Waals surface area contributed by atoms with Crippen LogP contribution in [0.4, 0.5) is 0 Å². The molecule has 1 aromatic heterocycles. The van der Waals surface area contributed by atoms with Crippen LogP contribution in [-0.2, 0) is 16.6 Å². The van der Waals surface area contributed by atoms with Gasteiger partial charge in [0.1, 0.15) is 6.33 Å². The molecule has 0 bridgehead atoms. The molecule has 0 aliphatic heterocycles. The van der Waals surface area contributed by atoms with Gasteiger partial charge < -0.3 is 9.30 Å². The number of thioether (sulfide) groups is 1. The molecule has 0 saturated heterocycles. The van der Waals surface area contributed by atoms with Crippen LogP contribution in [0.5, 0.6) is 0 Å². The third kappa shape index (κ3) is 3.37. The van der Waals surface area contributed by atoms with Crippen LogP contribution >= 0.6 is 11.8 Å². The lowest BCUT2D eigenvalue weighted by molar-refractivity contribution is -0.142. The van der Waals surface area contributed by atoms with E-state index in [4.69, 9.17) is 4.74 Å². The number of hydrogen-bond donors (Lipinski definition) is 0. The average Bonchev–Trinajstić information content (AvgIpc) is 2.52. The number of esters is 1. The number of carbonyl (C=O) groups is 1. The van der Waals surface area contributed by atoms with E-state index in [9.17, 15) is 4.79 Å². The first-order valence-electron chi connectivity index (χ1n) is 4.36. The first-order chi connectivity index (χ1) is 6.74. The van der Waals surface area contributed by atoms with Gasteiger partial charge in [-0.2, -0.15) is 0 Å². The molecule has 14 heavy (non-hydrogen) atoms. The van der Waals surface area contributed by atoms with Crippen molar-refractivity contribution < 1.29 is 9.53 Å². The van der Waals surface area contributed by atoms with E-state index in [-0.39, 0.29) is 5.97 Å². The fourth-order valence-electron chi connectivity index (χ4n) is 0.862. The maximum Gasteiger partial charge on any atom is 0.306 e. The summed E-state index contributed by atoms with van der Waals surface area (Å²) >= 11 is 1.50. The molecule has 0 spiro atoms. The summed E-state index contributed by atoms with van der Waals surface area (Å²) in [6, 6.07) is 0. The van der Waals surface area contributed by atoms with Crippen LogP contribution in [0.1, 0.15) is 13.3 Å². The summed E-state index contributed by atoms with van der Waals surface area (Å²) in [4.78, 5) is 11.0. The monoisotopic (exact) mass is 215 g/mol. The summed E-state index contributed by atoms with van der Waals surface area (Å²) in [6.45, 7) is 2.24. The smallest absolute Gasteiger partial charge is 0.306 e. The summed E-state index contributed by atoms with van der Waals surface area (Å²) in [5.74, 6) is 0.507. The predicted octanol–water partition coefficient (Wildman–Crippen LogP) is 0.860. The van der Waals surface area contributed by atoms with Crippen molar-refractivity contribution in [2.45, 2.75) is 18.5 Å². The van der Waals surface area contributed by atoms with Crippen molar-refractivity contribution in [3.63, 3.8) is 0 Å². The van der Waals surface area contributed by atoms with Crippen molar-refractivity contribution in [1.82, 2.24) is 14.8 Å². The van der Waals surface area contributed by atoms with Gasteiger partial charge in [-0.1, -0.05) is 11.8 Å². The maximum atomic E-state index is 11.0. The molecule has 0 saturated carbocycles. The lowest BCUT2D eigenvalue weighted by Crippen LogP contribution is -2.05. The van der Waals surface area contributed by atoms with E-state index >= 15 is 0 Å². The summed E-state index contributed by atoms with van der Waals surface area (Å²) < 4.78 is 6.61. The highest BCUT2D eigenvalue weighted by Gasteiger charge is 2.04. The van der Waals surface area contributed by atoms with Crippen LogP contribution in [0, 0.1) is 0 Å². The van der Waals surface area contributed by atoms with Gasteiger partial charge in [-0.3, -0.25) is 4.79 Å². The Labute approximate surface area is 86.8 Å². The first kappa shape index (κ1) is 11.0. The lowest BCUT2D eigenvalue weighted by Gasteiger charge is -2.00. The van der Waals surface area contributed by atoms with Crippen LogP contribution < -0.4 is 0 Å². The number of ether oxygens (including phenoxy) is 1. The zero-order valence-corrected chi connectivity index (χ0v) is 9.08. The summed E-state index contributed by atoms with van der Waals surface area (Å²) in [5, 5.41) is 8.43. The first-order valence-corrected chi connectivity index (χ1v) is 5.35. The van der Waals surface area contributed by atoms with Gasteiger partial charge in [0, 0.05) is 12.8 Å². The molecule has 0 unspecified atom stereocenters. The quantitative estimate of drug-likeness (QED) is 0.538. The van der Waals surface area contributed by atoms with E-state index in [2.05, 4.69) is 10.2 Å². The molecule has 1 aromatic rings. The highest BCUT2D eigenvalue weighted by molar-refractivity contribution is 7.99. The van der Waals surface area contributed by atoms with Gasteiger partial charge in [-0.05, 0) is 6.92 Å². The van der Waals surface area contributed by atoms with Gasteiger partial charge in [0.2, 0.25) is 0 Å². The standard InChI is InChI=1S/C8H13N3O2S/c1-3-13-7(12)4-5-14-8-10-9-6-11(8)2/h6H,3-5H2,1-2H3. The lowest BCUT2D eigenvalue weighted by atomic mass is 10.5. The second-order valence-electron chi connectivity index (χ2n) is 2.63. The molecule has 1 heterocycles. The van der Waals surface area contributed by atoms with E-state index in [0.29, 0.717) is 18.8 Å². The zero-order valence-electron chi connectivity index (χ0n) is 8.27. The Hall–Kier alpha value is -1.04. The molecule has 0 radical (unpaired) electrons. The van der Waals surface area contributed by atoms with E-state index in [0.717, 1.165) is 5.16 Å². The molecule has 0 aliphatic carbocycles. The fourth-order valence-corrected chi connectivity index (χ4v) is 1.67. The van der Waals surface area contributed by atoms with E-state index in [1.807, 2.05) is 11.6 Å². The SMILES string of the molecule is CCOC(=O)CCSc1nncn1C. The van der Waals surface area contributed by atoms with Crippen LogP contribution in [0.2, 0.25) is 0 Å². The highest BCUT2D eigenvalue weighted by atomic mass is 32.2. The summed E-state index contributed by atoms with van der Waals surface area (Å²) in [6.07, 6.45) is 2.04. The number of aromatic nitrogens is 3. The fraction of sp³-hybridized carbons (Fsp3) is 0.625. The molecule has 0 aromatic carbocycles. The van der Waals surface area contributed by atoms with Crippen molar-refractivity contribution in [2.75, 3.05) is 12.4 Å². The van der Waals surface area contributed by atoms with Crippen LogP contribution in [-0.4, -0.2) is 33.1 Å². The second kappa shape index (κ2) is 5.64. The Morgan fingerprint density at radius 2 is 2.50 bits per heavy atom. The normalized spacial score (nSPS) is 10.1. The Balaban J connectivity index is 2.22. The number of nitrogens with zero attached hydrogens (tertiary/aromatic N) is 3. The van der Waals surface area contributed by atoms with Crippen LogP contribution in [0.3, 0.4) is 0 Å². The molecule has 78 valence electrons. The van der Waals surface area contributed by atoms with Crippen molar-refractivity contribution in [3.8, 4) is 0 Å². The Morgan fingerprint density at radius 3 is 3.07 bits per heavy atom. The number of rotatable bonds is 5. The number of aryl methyl sites for hydroxylation is 1. The Bertz CT molecular complexity index is 301. The van der Waals surface area contributed by atoms with Gasteiger partial charge in [0.15, 0.2) is 5.16 Å². The van der Waals surface area contributed by atoms with Gasteiger partial charge in [-0.25, -0.2) is 0 Å². The minimum atomic E-state index is -0.165. The number of hydrogen-bond acceptors (Lipinski definition) is 5. The summed E-state index contributed by atoms with van der Waals surface area (Å²) in [7, 11) is 1.87. The van der Waals surface area contributed by atoms with E-state index < -0.39 is 0 Å². The molecule has 0 N–H and O–H groups in total. The molecule has 0 aliphatic rings. The third-order valence-electron chi connectivity index (χ3n) is 1.51. The number of carbonyl (C=O) groups excluding carboxylic acids is 1. The highest BCUT2D eigenvalue weighted by Crippen LogP contribution is 2.14. The Kier molecular flexibility index (Phi) is 4.45. The molecule has 1 rings (SSSR count). The van der Waals surface area contributed by atoms with Crippen molar-refractivity contribution in [1.29, 1.82) is 0 Å². The van der Waals surface area contributed by atoms with E-state index in [1.165, 1.54) is 11.8 Å². The average molecular weight is 215 g/mol. The molecule has 5 nitrogen and oxygen atoms in total. The van der Waals surface area contributed by atoms with Gasteiger partial charge in [-0.15, -0.1) is 10.2 Å². The zero-order chi connectivity index (χ0) is 10.4. The van der Waals surface area contributed by atoms with Gasteiger partial charge in [0.05, 0.1) is 13.0 Å². The molecular formula is C8H13N3O2S. The molecular weight excluding hydrogens is 202 g/mol. The third-order valence-corrected chi connectivity index (χ3v) is 2.55. The van der Waals surface area contributed by atoms with Crippen LogP contribution in [0.15, 0.2) is 11.5 Å². The molecule has 6 heteroatoms. The topological polar surface area (TPSA) is 57.0 Å². The van der Waals surface area contributed by atoms with Gasteiger partial charge in [0.25, 0.3) is 0 Å². The molecule has 0 atom stereocenters. The maximum absolute atomic E-state index is 11.0. The predicted molar refractivity (Wildman–Crippen MR) is 53.0 cm³/mol. The Morgan fingerprint density at radius 1 is 1.71 bits per heavy atom. The van der Waals surface area contributed by atoms with Gasteiger partial charge >= 0.3 is 5.97 Å². The second-order valence-corrected chi connectivity index (χ2v) is 3.69. The largest absolute Gasteiger partial charge is 0.466 e. The van der Waals surface area contributed by atoms with Crippen molar-refractivity contribution in [3.05, 3.63) is 6.33 Å². The van der Waals surface area contributed by atoms with Crippen molar-refractivity contribution >= 4 is 17.7 Å². The summed E-state index contributed by atoms with van der Waals surface area (Å²) in [5.41, 5.74) is 0. The van der Waals surface area contributed by atoms with Crippen molar-refractivity contribution in [2.24, 2.45) is 7.05 Å². The minimum Gasteiger partial charge on any atom is -0.466 e. The molecule has 0 amide bonds. The molecule has 0 fully saturated rings. The van der Waals surface area contributed by atoms with E-state index in [1.54, 1.807) is 13.3 Å².